The Hall–Kier alpha value is -1.32. The fourth-order valence-electron chi connectivity index (χ4n) is 2.49. The molecular weight excluding hydrogens is 236 g/mol. The molecule has 0 radical (unpaired) electrons. The molecule has 0 saturated carbocycles. The molecule has 0 amide bonds. The third-order valence-corrected chi connectivity index (χ3v) is 3.34. The number of aromatic nitrogens is 1. The van der Waals surface area contributed by atoms with Gasteiger partial charge in [0.25, 0.3) is 5.56 Å². The zero-order valence-electron chi connectivity index (χ0n) is 9.40. The Balaban J connectivity index is 0.00000108. The van der Waals surface area contributed by atoms with Gasteiger partial charge in [-0.1, -0.05) is 18.2 Å². The van der Waals surface area contributed by atoms with Crippen LogP contribution in [-0.2, 0) is 0 Å². The van der Waals surface area contributed by atoms with Gasteiger partial charge in [0.2, 0.25) is 0 Å². The van der Waals surface area contributed by atoms with Crippen molar-refractivity contribution in [1.82, 2.24) is 10.3 Å². The molecule has 0 bridgehead atoms. The minimum atomic E-state index is 0. The van der Waals surface area contributed by atoms with Crippen LogP contribution in [0.4, 0.5) is 0 Å². The number of benzene rings is 1. The van der Waals surface area contributed by atoms with E-state index in [0.29, 0.717) is 5.92 Å². The van der Waals surface area contributed by atoms with E-state index in [1.54, 1.807) is 0 Å². The molecular formula is C13H15ClN2O. The van der Waals surface area contributed by atoms with Crippen LogP contribution in [0.5, 0.6) is 0 Å². The van der Waals surface area contributed by atoms with Crippen LogP contribution in [0.25, 0.3) is 10.8 Å². The van der Waals surface area contributed by atoms with Gasteiger partial charge >= 0.3 is 0 Å². The van der Waals surface area contributed by atoms with Crippen molar-refractivity contribution >= 4 is 23.2 Å². The molecule has 0 aliphatic carbocycles. The fraction of sp³-hybridized carbons (Fsp3) is 0.308. The number of rotatable bonds is 1. The molecule has 4 heteroatoms. The van der Waals surface area contributed by atoms with Crippen LogP contribution in [0.15, 0.2) is 35.3 Å². The molecule has 1 aromatic carbocycles. The Labute approximate surface area is 106 Å². The van der Waals surface area contributed by atoms with Crippen molar-refractivity contribution in [2.45, 2.75) is 12.3 Å². The van der Waals surface area contributed by atoms with Gasteiger partial charge in [0.1, 0.15) is 0 Å². The lowest BCUT2D eigenvalue weighted by molar-refractivity contribution is 0.765. The van der Waals surface area contributed by atoms with Gasteiger partial charge < -0.3 is 10.3 Å². The Morgan fingerprint density at radius 1 is 1.18 bits per heavy atom. The van der Waals surface area contributed by atoms with Gasteiger partial charge in [-0.05, 0) is 35.9 Å². The predicted octanol–water partition coefficient (Wildman–Crippen LogP) is 2.03. The normalized spacial score (nSPS) is 19.2. The summed E-state index contributed by atoms with van der Waals surface area (Å²) in [6.45, 7) is 2.08. The second-order valence-electron chi connectivity index (χ2n) is 4.31. The van der Waals surface area contributed by atoms with Gasteiger partial charge in [-0.3, -0.25) is 4.79 Å². The molecule has 1 aromatic heterocycles. The first-order valence-electron chi connectivity index (χ1n) is 5.67. The second kappa shape index (κ2) is 4.90. The summed E-state index contributed by atoms with van der Waals surface area (Å²) in [5, 5.41) is 5.25. The van der Waals surface area contributed by atoms with E-state index in [9.17, 15) is 4.79 Å². The summed E-state index contributed by atoms with van der Waals surface area (Å²) in [5.41, 5.74) is 1.27. The number of fused-ring (bicyclic) bond motifs is 1. The minimum absolute atomic E-state index is 0. The van der Waals surface area contributed by atoms with Crippen molar-refractivity contribution in [3.8, 4) is 0 Å². The average Bonchev–Trinajstić information content (AvgIpc) is 2.83. The molecule has 1 saturated heterocycles. The lowest BCUT2D eigenvalue weighted by atomic mass is 9.95. The van der Waals surface area contributed by atoms with Gasteiger partial charge in [0.05, 0.1) is 0 Å². The van der Waals surface area contributed by atoms with Crippen LogP contribution in [0.1, 0.15) is 17.9 Å². The summed E-state index contributed by atoms with van der Waals surface area (Å²) in [6.07, 6.45) is 3.03. The van der Waals surface area contributed by atoms with Crippen molar-refractivity contribution in [3.63, 3.8) is 0 Å². The zero-order chi connectivity index (χ0) is 11.0. The molecule has 1 unspecified atom stereocenters. The highest BCUT2D eigenvalue weighted by atomic mass is 35.5. The van der Waals surface area contributed by atoms with Crippen LogP contribution in [0.3, 0.4) is 0 Å². The number of aromatic amines is 1. The third kappa shape index (κ3) is 2.08. The molecule has 1 atom stereocenters. The summed E-state index contributed by atoms with van der Waals surface area (Å²) in [5.74, 6) is 0.529. The molecule has 3 rings (SSSR count). The first-order valence-corrected chi connectivity index (χ1v) is 5.67. The highest BCUT2D eigenvalue weighted by molar-refractivity contribution is 5.85. The molecule has 0 spiro atoms. The molecule has 1 aliphatic rings. The van der Waals surface area contributed by atoms with Crippen LogP contribution < -0.4 is 10.9 Å². The van der Waals surface area contributed by atoms with Gasteiger partial charge in [-0.2, -0.15) is 0 Å². The maximum atomic E-state index is 11.7. The molecule has 2 N–H and O–H groups in total. The lowest BCUT2D eigenvalue weighted by Crippen LogP contribution is -2.12. The SMILES string of the molecule is Cl.O=c1[nH]cc(C2CCNC2)c2ccccc12. The van der Waals surface area contributed by atoms with E-state index in [0.717, 1.165) is 30.3 Å². The van der Waals surface area contributed by atoms with Gasteiger partial charge in [0.15, 0.2) is 0 Å². The van der Waals surface area contributed by atoms with E-state index >= 15 is 0 Å². The molecule has 90 valence electrons. The quantitative estimate of drug-likeness (QED) is 0.814. The van der Waals surface area contributed by atoms with E-state index in [2.05, 4.69) is 10.3 Å². The number of nitrogens with one attached hydrogen (secondary N) is 2. The smallest absolute Gasteiger partial charge is 0.255 e. The highest BCUT2D eigenvalue weighted by Gasteiger charge is 2.19. The first kappa shape index (κ1) is 12.1. The maximum Gasteiger partial charge on any atom is 0.255 e. The first-order chi connectivity index (χ1) is 7.86. The van der Waals surface area contributed by atoms with E-state index in [-0.39, 0.29) is 18.0 Å². The highest BCUT2D eigenvalue weighted by Crippen LogP contribution is 2.27. The Morgan fingerprint density at radius 3 is 2.65 bits per heavy atom. The molecule has 3 nitrogen and oxygen atoms in total. The minimum Gasteiger partial charge on any atom is -0.328 e. The van der Waals surface area contributed by atoms with Gasteiger partial charge in [-0.15, -0.1) is 12.4 Å². The summed E-state index contributed by atoms with van der Waals surface area (Å²) in [7, 11) is 0. The number of H-pyrrole nitrogens is 1. The molecule has 2 aromatic rings. The molecule has 1 fully saturated rings. The number of halogens is 1. The standard InChI is InChI=1S/C13H14N2O.ClH/c16-13-11-4-2-1-3-10(11)12(8-15-13)9-5-6-14-7-9;/h1-4,8-9,14H,5-7H2,(H,15,16);1H. The van der Waals surface area contributed by atoms with Crippen molar-refractivity contribution in [2.24, 2.45) is 0 Å². The van der Waals surface area contributed by atoms with Crippen molar-refractivity contribution in [2.75, 3.05) is 13.1 Å². The number of hydrogen-bond donors (Lipinski definition) is 2. The van der Waals surface area contributed by atoms with Crippen LogP contribution in [0, 0.1) is 0 Å². The summed E-state index contributed by atoms with van der Waals surface area (Å²) < 4.78 is 0. The van der Waals surface area contributed by atoms with E-state index in [1.165, 1.54) is 5.56 Å². The molecule has 2 heterocycles. The van der Waals surface area contributed by atoms with E-state index in [1.807, 2.05) is 30.5 Å². The lowest BCUT2D eigenvalue weighted by Gasteiger charge is -2.11. The average molecular weight is 251 g/mol. The monoisotopic (exact) mass is 250 g/mol. The van der Waals surface area contributed by atoms with Crippen LogP contribution in [0.2, 0.25) is 0 Å². The summed E-state index contributed by atoms with van der Waals surface area (Å²) >= 11 is 0. The summed E-state index contributed by atoms with van der Waals surface area (Å²) in [6, 6.07) is 7.83. The molecule has 1 aliphatic heterocycles. The van der Waals surface area contributed by atoms with Crippen molar-refractivity contribution < 1.29 is 0 Å². The summed E-state index contributed by atoms with van der Waals surface area (Å²) in [4.78, 5) is 14.5. The third-order valence-electron chi connectivity index (χ3n) is 3.34. The Bertz CT molecular complexity index is 573. The van der Waals surface area contributed by atoms with E-state index < -0.39 is 0 Å². The number of pyridine rings is 1. The van der Waals surface area contributed by atoms with E-state index in [4.69, 9.17) is 0 Å². The molecule has 17 heavy (non-hydrogen) atoms. The Kier molecular flexibility index (Phi) is 3.50. The number of hydrogen-bond acceptors (Lipinski definition) is 2. The zero-order valence-corrected chi connectivity index (χ0v) is 10.2. The fourth-order valence-corrected chi connectivity index (χ4v) is 2.49. The largest absolute Gasteiger partial charge is 0.328 e. The topological polar surface area (TPSA) is 44.9 Å². The second-order valence-corrected chi connectivity index (χ2v) is 4.31. The van der Waals surface area contributed by atoms with Gasteiger partial charge in [0, 0.05) is 18.1 Å². The predicted molar refractivity (Wildman–Crippen MR) is 72.0 cm³/mol. The van der Waals surface area contributed by atoms with Crippen LogP contribution in [-0.4, -0.2) is 18.1 Å². The van der Waals surface area contributed by atoms with Crippen LogP contribution >= 0.6 is 12.4 Å². The van der Waals surface area contributed by atoms with Crippen molar-refractivity contribution in [1.29, 1.82) is 0 Å². The maximum absolute atomic E-state index is 11.7. The van der Waals surface area contributed by atoms with Gasteiger partial charge in [-0.25, -0.2) is 0 Å². The van der Waals surface area contributed by atoms with Crippen molar-refractivity contribution in [3.05, 3.63) is 46.4 Å². The Morgan fingerprint density at radius 2 is 1.94 bits per heavy atom.